The molecule has 0 fully saturated rings. The van der Waals surface area contributed by atoms with Gasteiger partial charge in [-0.05, 0) is 68.3 Å². The first-order valence-electron chi connectivity index (χ1n) is 12.2. The quantitative estimate of drug-likeness (QED) is 0.326. The third-order valence-electron chi connectivity index (χ3n) is 6.18. The fourth-order valence-corrected chi connectivity index (χ4v) is 4.16. The van der Waals surface area contributed by atoms with E-state index in [1.165, 1.54) is 30.4 Å². The van der Waals surface area contributed by atoms with E-state index in [1.54, 1.807) is 0 Å². The summed E-state index contributed by atoms with van der Waals surface area (Å²) in [7, 11) is 0. The molecule has 0 saturated carbocycles. The molecule has 0 aromatic heterocycles. The van der Waals surface area contributed by atoms with Gasteiger partial charge in [0.15, 0.2) is 0 Å². The number of ether oxygens (including phenoxy) is 1. The maximum absolute atomic E-state index is 13.5. The van der Waals surface area contributed by atoms with Crippen molar-refractivity contribution in [2.45, 2.75) is 52.5 Å². The minimum Gasteiger partial charge on any atom is -0.494 e. The van der Waals surface area contributed by atoms with Crippen molar-refractivity contribution >= 4 is 17.3 Å². The molecule has 3 aromatic carbocycles. The van der Waals surface area contributed by atoms with E-state index in [0.29, 0.717) is 5.70 Å². The largest absolute Gasteiger partial charge is 0.494 e. The van der Waals surface area contributed by atoms with Crippen LogP contribution in [0.25, 0.3) is 0 Å². The number of rotatable bonds is 10. The van der Waals surface area contributed by atoms with Crippen LogP contribution < -0.4 is 15.0 Å². The van der Waals surface area contributed by atoms with Gasteiger partial charge in [-0.25, -0.2) is 0 Å². The number of benzene rings is 3. The van der Waals surface area contributed by atoms with Gasteiger partial charge in [0.25, 0.3) is 5.91 Å². The summed E-state index contributed by atoms with van der Waals surface area (Å²) in [5.41, 5.74) is 5.77. The number of nitrogens with zero attached hydrogens (tertiary/aromatic N) is 1. The predicted molar refractivity (Wildman–Crippen MR) is 140 cm³/mol. The molecule has 0 unspecified atom stereocenters. The lowest BCUT2D eigenvalue weighted by atomic mass is 10.1. The second kappa shape index (κ2) is 11.1. The van der Waals surface area contributed by atoms with Crippen LogP contribution in [-0.4, -0.2) is 12.5 Å². The Labute approximate surface area is 203 Å². The summed E-state index contributed by atoms with van der Waals surface area (Å²) in [5, 5.41) is 3.33. The molecule has 34 heavy (non-hydrogen) atoms. The first-order chi connectivity index (χ1) is 16.5. The second-order valence-corrected chi connectivity index (χ2v) is 9.01. The highest BCUT2D eigenvalue weighted by Gasteiger charge is 2.34. The van der Waals surface area contributed by atoms with Gasteiger partial charge in [0, 0.05) is 11.4 Å². The molecule has 0 saturated heterocycles. The molecule has 4 heteroatoms. The van der Waals surface area contributed by atoms with Crippen molar-refractivity contribution in [1.29, 1.82) is 0 Å². The van der Waals surface area contributed by atoms with Gasteiger partial charge in [-0.1, -0.05) is 73.7 Å². The zero-order chi connectivity index (χ0) is 23.9. The first kappa shape index (κ1) is 23.6. The number of nitrogens with one attached hydrogen (secondary N) is 1. The van der Waals surface area contributed by atoms with Crippen molar-refractivity contribution in [3.05, 3.63) is 101 Å². The number of carbonyl (C=O) groups is 1. The molecule has 0 bridgehead atoms. The van der Waals surface area contributed by atoms with E-state index < -0.39 is 0 Å². The molecular formula is C30H34N2O2. The van der Waals surface area contributed by atoms with E-state index in [-0.39, 0.29) is 11.9 Å². The van der Waals surface area contributed by atoms with Gasteiger partial charge >= 0.3 is 0 Å². The lowest BCUT2D eigenvalue weighted by Crippen LogP contribution is -2.30. The summed E-state index contributed by atoms with van der Waals surface area (Å²) < 4.78 is 5.92. The van der Waals surface area contributed by atoms with Gasteiger partial charge in [0.2, 0.25) is 0 Å². The minimum atomic E-state index is -0.193. The van der Waals surface area contributed by atoms with Crippen LogP contribution in [0, 0.1) is 13.8 Å². The monoisotopic (exact) mass is 454 g/mol. The molecule has 3 aromatic rings. The van der Waals surface area contributed by atoms with Gasteiger partial charge < -0.3 is 10.1 Å². The molecule has 1 aliphatic heterocycles. The van der Waals surface area contributed by atoms with Crippen molar-refractivity contribution in [1.82, 2.24) is 0 Å². The predicted octanol–water partition coefficient (Wildman–Crippen LogP) is 7.35. The number of unbranched alkanes of at least 4 members (excludes halogenated alkanes) is 3. The maximum Gasteiger partial charge on any atom is 0.275 e. The van der Waals surface area contributed by atoms with E-state index in [9.17, 15) is 4.79 Å². The molecule has 0 spiro atoms. The van der Waals surface area contributed by atoms with Crippen molar-refractivity contribution in [3.8, 4) is 5.75 Å². The molecule has 4 nitrogen and oxygen atoms in total. The third kappa shape index (κ3) is 5.69. The SMILES string of the molecule is CCCCCCOc1ccc([C@@H]2C=C(Nc3ccc(C)cc3)C(=O)N2c2ccc(C)cc2)cc1. The zero-order valence-corrected chi connectivity index (χ0v) is 20.4. The van der Waals surface area contributed by atoms with E-state index in [2.05, 4.69) is 38.2 Å². The number of carbonyl (C=O) groups excluding carboxylic acids is 1. The summed E-state index contributed by atoms with van der Waals surface area (Å²) in [6.07, 6.45) is 6.76. The fraction of sp³-hybridized carbons (Fsp3) is 0.300. The Bertz CT molecular complexity index is 1120. The molecule has 4 rings (SSSR count). The van der Waals surface area contributed by atoms with E-state index in [0.717, 1.165) is 35.7 Å². The molecule has 1 atom stereocenters. The van der Waals surface area contributed by atoms with Gasteiger partial charge in [0.1, 0.15) is 11.4 Å². The Morgan fingerprint density at radius 2 is 1.47 bits per heavy atom. The topological polar surface area (TPSA) is 41.6 Å². The Morgan fingerprint density at radius 3 is 2.12 bits per heavy atom. The van der Waals surface area contributed by atoms with E-state index in [4.69, 9.17) is 4.74 Å². The number of aryl methyl sites for hydroxylation is 2. The van der Waals surface area contributed by atoms with Crippen molar-refractivity contribution in [2.24, 2.45) is 0 Å². The van der Waals surface area contributed by atoms with Crippen LogP contribution in [0.3, 0.4) is 0 Å². The van der Waals surface area contributed by atoms with Crippen LogP contribution in [0.1, 0.15) is 55.3 Å². The Kier molecular flexibility index (Phi) is 7.69. The average Bonchev–Trinajstić information content (AvgIpc) is 3.17. The molecule has 1 amide bonds. The third-order valence-corrected chi connectivity index (χ3v) is 6.18. The highest BCUT2D eigenvalue weighted by Crippen LogP contribution is 2.36. The molecule has 176 valence electrons. The van der Waals surface area contributed by atoms with Crippen molar-refractivity contribution in [3.63, 3.8) is 0 Å². The molecule has 1 heterocycles. The first-order valence-corrected chi connectivity index (χ1v) is 12.2. The Hall–Kier alpha value is -3.53. The summed E-state index contributed by atoms with van der Waals surface area (Å²) in [6.45, 7) is 7.05. The van der Waals surface area contributed by atoms with Crippen molar-refractivity contribution in [2.75, 3.05) is 16.8 Å². The normalized spacial score (nSPS) is 15.4. The van der Waals surface area contributed by atoms with Gasteiger partial charge in [-0.15, -0.1) is 0 Å². The van der Waals surface area contributed by atoms with Crippen LogP contribution in [-0.2, 0) is 4.79 Å². The van der Waals surface area contributed by atoms with Crippen LogP contribution in [0.5, 0.6) is 5.75 Å². The zero-order valence-electron chi connectivity index (χ0n) is 20.4. The smallest absolute Gasteiger partial charge is 0.275 e. The Morgan fingerprint density at radius 1 is 0.824 bits per heavy atom. The Balaban J connectivity index is 1.56. The number of anilines is 2. The summed E-state index contributed by atoms with van der Waals surface area (Å²) in [5.74, 6) is 0.833. The van der Waals surface area contributed by atoms with Crippen LogP contribution in [0.15, 0.2) is 84.6 Å². The number of hydrogen-bond acceptors (Lipinski definition) is 3. The standard InChI is InChI=1S/C30H34N2O2/c1-4-5-6-7-20-34-27-18-12-24(13-19-27)29-21-28(31-25-14-8-22(2)9-15-25)30(33)32(29)26-16-10-23(3)11-17-26/h8-19,21,29,31H,4-7,20H2,1-3H3/t29-/m0/s1. The van der Waals surface area contributed by atoms with E-state index >= 15 is 0 Å². The molecule has 0 radical (unpaired) electrons. The van der Waals surface area contributed by atoms with E-state index in [1.807, 2.05) is 71.6 Å². The molecule has 1 N–H and O–H groups in total. The van der Waals surface area contributed by atoms with Gasteiger partial charge in [0.05, 0.1) is 12.6 Å². The highest BCUT2D eigenvalue weighted by atomic mass is 16.5. The van der Waals surface area contributed by atoms with Gasteiger partial charge in [-0.3, -0.25) is 9.69 Å². The average molecular weight is 455 g/mol. The summed E-state index contributed by atoms with van der Waals surface area (Å²) in [6, 6.07) is 24.1. The molecular weight excluding hydrogens is 420 g/mol. The number of hydrogen-bond donors (Lipinski definition) is 1. The van der Waals surface area contributed by atoms with Crippen LogP contribution >= 0.6 is 0 Å². The lowest BCUT2D eigenvalue weighted by Gasteiger charge is -2.25. The fourth-order valence-electron chi connectivity index (χ4n) is 4.16. The highest BCUT2D eigenvalue weighted by molar-refractivity contribution is 6.11. The second-order valence-electron chi connectivity index (χ2n) is 9.01. The summed E-state index contributed by atoms with van der Waals surface area (Å²) in [4.78, 5) is 15.4. The van der Waals surface area contributed by atoms with Crippen LogP contribution in [0.2, 0.25) is 0 Å². The lowest BCUT2D eigenvalue weighted by molar-refractivity contribution is -0.114. The molecule has 1 aliphatic rings. The van der Waals surface area contributed by atoms with Crippen molar-refractivity contribution < 1.29 is 9.53 Å². The van der Waals surface area contributed by atoms with Crippen LogP contribution in [0.4, 0.5) is 11.4 Å². The summed E-state index contributed by atoms with van der Waals surface area (Å²) >= 11 is 0. The maximum atomic E-state index is 13.5. The minimum absolute atomic E-state index is 0.0364. The van der Waals surface area contributed by atoms with Gasteiger partial charge in [-0.2, -0.15) is 0 Å². The molecule has 0 aliphatic carbocycles. The number of amides is 1.